The fourth-order valence-corrected chi connectivity index (χ4v) is 2.09. The summed E-state index contributed by atoms with van der Waals surface area (Å²) in [5.41, 5.74) is 5.07. The van der Waals surface area contributed by atoms with Crippen LogP contribution in [0.4, 0.5) is 0 Å². The SMILES string of the molecule is CCC1(CCC(C)(N)C(=O)O)CCC1. The standard InChI is InChI=1S/C11H21NO2/c1-3-11(5-4-6-11)8-7-10(2,12)9(13)14/h3-8,12H2,1-2H3,(H,13,14). The molecule has 1 aliphatic rings. The van der Waals surface area contributed by atoms with Gasteiger partial charge in [-0.05, 0) is 38.0 Å². The number of rotatable bonds is 5. The number of carbonyl (C=O) groups is 1. The van der Waals surface area contributed by atoms with Crippen molar-refractivity contribution in [3.05, 3.63) is 0 Å². The smallest absolute Gasteiger partial charge is 0.323 e. The van der Waals surface area contributed by atoms with E-state index in [-0.39, 0.29) is 0 Å². The summed E-state index contributed by atoms with van der Waals surface area (Å²) in [6.45, 7) is 3.80. The van der Waals surface area contributed by atoms with Crippen LogP contribution in [-0.2, 0) is 4.79 Å². The van der Waals surface area contributed by atoms with Crippen molar-refractivity contribution in [2.45, 2.75) is 57.9 Å². The van der Waals surface area contributed by atoms with Crippen LogP contribution in [0.3, 0.4) is 0 Å². The minimum atomic E-state index is -1.04. The van der Waals surface area contributed by atoms with E-state index in [9.17, 15) is 4.79 Å². The van der Waals surface area contributed by atoms with Gasteiger partial charge in [-0.3, -0.25) is 4.79 Å². The van der Waals surface area contributed by atoms with Gasteiger partial charge in [0.05, 0.1) is 0 Å². The first-order valence-corrected chi connectivity index (χ1v) is 5.44. The molecule has 0 spiro atoms. The van der Waals surface area contributed by atoms with E-state index >= 15 is 0 Å². The molecule has 3 N–H and O–H groups in total. The minimum absolute atomic E-state index is 0.413. The van der Waals surface area contributed by atoms with E-state index < -0.39 is 11.5 Å². The van der Waals surface area contributed by atoms with Crippen molar-refractivity contribution in [1.29, 1.82) is 0 Å². The number of carboxylic acids is 1. The maximum atomic E-state index is 10.8. The number of nitrogens with two attached hydrogens (primary N) is 1. The minimum Gasteiger partial charge on any atom is -0.480 e. The van der Waals surface area contributed by atoms with E-state index in [0.717, 1.165) is 12.8 Å². The zero-order valence-electron chi connectivity index (χ0n) is 9.18. The lowest BCUT2D eigenvalue weighted by Crippen LogP contribution is -2.46. The molecule has 0 aromatic heterocycles. The predicted molar refractivity (Wildman–Crippen MR) is 56.0 cm³/mol. The monoisotopic (exact) mass is 199 g/mol. The molecular weight excluding hydrogens is 178 g/mol. The highest BCUT2D eigenvalue weighted by atomic mass is 16.4. The van der Waals surface area contributed by atoms with Gasteiger partial charge in [0, 0.05) is 0 Å². The van der Waals surface area contributed by atoms with Crippen LogP contribution >= 0.6 is 0 Å². The second-order valence-corrected chi connectivity index (χ2v) is 4.93. The molecule has 1 saturated carbocycles. The average molecular weight is 199 g/mol. The molecule has 1 atom stereocenters. The Morgan fingerprint density at radius 3 is 2.43 bits per heavy atom. The van der Waals surface area contributed by atoms with Crippen molar-refractivity contribution in [3.8, 4) is 0 Å². The Kier molecular flexibility index (Phi) is 3.20. The molecule has 0 amide bonds. The highest BCUT2D eigenvalue weighted by Gasteiger charge is 2.38. The molecule has 0 aromatic carbocycles. The summed E-state index contributed by atoms with van der Waals surface area (Å²) in [6, 6.07) is 0. The Balaban J connectivity index is 2.43. The Morgan fingerprint density at radius 2 is 2.14 bits per heavy atom. The quantitative estimate of drug-likeness (QED) is 0.713. The third-order valence-electron chi connectivity index (χ3n) is 3.83. The van der Waals surface area contributed by atoms with Gasteiger partial charge in [-0.25, -0.2) is 0 Å². The lowest BCUT2D eigenvalue weighted by Gasteiger charge is -2.42. The fourth-order valence-electron chi connectivity index (χ4n) is 2.09. The molecule has 3 nitrogen and oxygen atoms in total. The first kappa shape index (κ1) is 11.5. The van der Waals surface area contributed by atoms with E-state index in [4.69, 9.17) is 10.8 Å². The van der Waals surface area contributed by atoms with E-state index in [1.807, 2.05) is 0 Å². The summed E-state index contributed by atoms with van der Waals surface area (Å²) in [5, 5.41) is 8.88. The van der Waals surface area contributed by atoms with Gasteiger partial charge in [0.1, 0.15) is 5.54 Å². The molecular formula is C11H21NO2. The van der Waals surface area contributed by atoms with Crippen LogP contribution in [-0.4, -0.2) is 16.6 Å². The van der Waals surface area contributed by atoms with Crippen molar-refractivity contribution >= 4 is 5.97 Å². The van der Waals surface area contributed by atoms with E-state index in [1.54, 1.807) is 6.92 Å². The highest BCUT2D eigenvalue weighted by molar-refractivity contribution is 5.77. The van der Waals surface area contributed by atoms with Gasteiger partial charge in [-0.1, -0.05) is 19.8 Å². The van der Waals surface area contributed by atoms with Crippen molar-refractivity contribution in [2.75, 3.05) is 0 Å². The Labute approximate surface area is 85.7 Å². The van der Waals surface area contributed by atoms with Crippen molar-refractivity contribution in [2.24, 2.45) is 11.1 Å². The molecule has 1 aliphatic carbocycles. The molecule has 0 heterocycles. The first-order valence-electron chi connectivity index (χ1n) is 5.44. The van der Waals surface area contributed by atoms with E-state index in [1.165, 1.54) is 19.3 Å². The number of hydrogen-bond acceptors (Lipinski definition) is 2. The molecule has 0 bridgehead atoms. The topological polar surface area (TPSA) is 63.3 Å². The second-order valence-electron chi connectivity index (χ2n) is 4.93. The molecule has 0 saturated heterocycles. The zero-order chi connectivity index (χ0) is 10.8. The summed E-state index contributed by atoms with van der Waals surface area (Å²) in [6.07, 6.45) is 6.50. The Bertz CT molecular complexity index is 214. The first-order chi connectivity index (χ1) is 6.42. The van der Waals surface area contributed by atoms with Gasteiger partial charge in [0.25, 0.3) is 0 Å². The number of hydrogen-bond donors (Lipinski definition) is 2. The summed E-state index contributed by atoms with van der Waals surface area (Å²) in [4.78, 5) is 10.8. The maximum absolute atomic E-state index is 10.8. The van der Waals surface area contributed by atoms with Gasteiger partial charge in [-0.15, -0.1) is 0 Å². The molecule has 14 heavy (non-hydrogen) atoms. The van der Waals surface area contributed by atoms with Crippen LogP contribution in [0.2, 0.25) is 0 Å². The summed E-state index contributed by atoms with van der Waals surface area (Å²) in [5.74, 6) is -0.886. The third kappa shape index (κ3) is 2.27. The lowest BCUT2D eigenvalue weighted by atomic mass is 9.63. The van der Waals surface area contributed by atoms with E-state index in [0.29, 0.717) is 11.8 Å². The van der Waals surface area contributed by atoms with Crippen molar-refractivity contribution in [3.63, 3.8) is 0 Å². The van der Waals surface area contributed by atoms with Crippen LogP contribution < -0.4 is 5.73 Å². The second kappa shape index (κ2) is 3.89. The largest absolute Gasteiger partial charge is 0.480 e. The molecule has 0 radical (unpaired) electrons. The zero-order valence-corrected chi connectivity index (χ0v) is 9.18. The van der Waals surface area contributed by atoms with Crippen molar-refractivity contribution < 1.29 is 9.90 Å². The van der Waals surface area contributed by atoms with Gasteiger partial charge < -0.3 is 10.8 Å². The Morgan fingerprint density at radius 1 is 1.57 bits per heavy atom. The summed E-state index contributed by atoms with van der Waals surface area (Å²) >= 11 is 0. The van der Waals surface area contributed by atoms with Crippen LogP contribution in [0.25, 0.3) is 0 Å². The van der Waals surface area contributed by atoms with Crippen LogP contribution in [0, 0.1) is 5.41 Å². The molecule has 3 heteroatoms. The normalized spacial score (nSPS) is 23.6. The third-order valence-corrected chi connectivity index (χ3v) is 3.83. The van der Waals surface area contributed by atoms with Crippen LogP contribution in [0.5, 0.6) is 0 Å². The van der Waals surface area contributed by atoms with Crippen LogP contribution in [0.1, 0.15) is 52.4 Å². The fraction of sp³-hybridized carbons (Fsp3) is 0.909. The molecule has 0 aromatic rings. The summed E-state index contributed by atoms with van der Waals surface area (Å²) in [7, 11) is 0. The van der Waals surface area contributed by atoms with Gasteiger partial charge in [0.2, 0.25) is 0 Å². The van der Waals surface area contributed by atoms with Gasteiger partial charge >= 0.3 is 5.97 Å². The van der Waals surface area contributed by atoms with Gasteiger partial charge in [-0.2, -0.15) is 0 Å². The van der Waals surface area contributed by atoms with E-state index in [2.05, 4.69) is 6.92 Å². The molecule has 1 fully saturated rings. The Hall–Kier alpha value is -0.570. The number of aliphatic carboxylic acids is 1. The van der Waals surface area contributed by atoms with Crippen LogP contribution in [0.15, 0.2) is 0 Å². The molecule has 1 unspecified atom stereocenters. The van der Waals surface area contributed by atoms with Gasteiger partial charge in [0.15, 0.2) is 0 Å². The average Bonchev–Trinajstić information content (AvgIpc) is 2.02. The molecule has 0 aliphatic heterocycles. The summed E-state index contributed by atoms with van der Waals surface area (Å²) < 4.78 is 0. The maximum Gasteiger partial charge on any atom is 0.323 e. The van der Waals surface area contributed by atoms with Crippen molar-refractivity contribution in [1.82, 2.24) is 0 Å². The predicted octanol–water partition coefficient (Wildman–Crippen LogP) is 2.15. The molecule has 1 rings (SSSR count). The lowest BCUT2D eigenvalue weighted by molar-refractivity contribution is -0.143. The number of carboxylic acid groups (broad SMARTS) is 1. The highest BCUT2D eigenvalue weighted by Crippen LogP contribution is 2.48. The molecule has 82 valence electrons.